The van der Waals surface area contributed by atoms with Crippen molar-refractivity contribution in [1.29, 1.82) is 0 Å². The summed E-state index contributed by atoms with van der Waals surface area (Å²) in [4.78, 5) is 0. The second kappa shape index (κ2) is 5.93. The summed E-state index contributed by atoms with van der Waals surface area (Å²) in [6, 6.07) is 3.08. The Kier molecular flexibility index (Phi) is 4.85. The smallest absolute Gasteiger partial charge is 0.128 e. The monoisotopic (exact) mass is 230 g/mol. The number of anilines is 1. The molecule has 2 N–H and O–H groups in total. The molecule has 1 aromatic carbocycles. The van der Waals surface area contributed by atoms with Gasteiger partial charge in [0.2, 0.25) is 0 Å². The Morgan fingerprint density at radius 1 is 1.33 bits per heavy atom. The van der Waals surface area contributed by atoms with Crippen LogP contribution in [0.5, 0.6) is 0 Å². The second-order valence-corrected chi connectivity index (χ2v) is 3.87. The molecule has 15 heavy (non-hydrogen) atoms. The van der Waals surface area contributed by atoms with E-state index >= 15 is 0 Å². The quantitative estimate of drug-likeness (QED) is 0.761. The zero-order valence-corrected chi connectivity index (χ0v) is 9.79. The third kappa shape index (κ3) is 3.68. The first-order valence-electron chi connectivity index (χ1n) is 4.99. The van der Waals surface area contributed by atoms with Gasteiger partial charge in [-0.2, -0.15) is 0 Å². The topological polar surface area (TPSA) is 24.1 Å². The first-order chi connectivity index (χ1) is 7.15. The molecule has 0 bridgehead atoms. The van der Waals surface area contributed by atoms with E-state index in [1.165, 1.54) is 6.07 Å². The van der Waals surface area contributed by atoms with Crippen LogP contribution in [0.4, 0.5) is 10.1 Å². The lowest BCUT2D eigenvalue weighted by Crippen LogP contribution is -2.13. The molecule has 1 rings (SSSR count). The van der Waals surface area contributed by atoms with Crippen molar-refractivity contribution in [1.82, 2.24) is 5.32 Å². The van der Waals surface area contributed by atoms with Crippen molar-refractivity contribution in [2.45, 2.75) is 13.3 Å². The van der Waals surface area contributed by atoms with Gasteiger partial charge in [0.15, 0.2) is 0 Å². The van der Waals surface area contributed by atoms with E-state index in [1.807, 2.05) is 7.05 Å². The molecule has 0 aliphatic carbocycles. The van der Waals surface area contributed by atoms with Crippen molar-refractivity contribution < 1.29 is 4.39 Å². The Hall–Kier alpha value is -0.800. The number of hydrogen-bond acceptors (Lipinski definition) is 2. The third-order valence-electron chi connectivity index (χ3n) is 2.17. The number of rotatable bonds is 5. The Bertz CT molecular complexity index is 329. The molecule has 2 nitrogen and oxygen atoms in total. The van der Waals surface area contributed by atoms with Crippen LogP contribution in [0.1, 0.15) is 12.0 Å². The van der Waals surface area contributed by atoms with Crippen LogP contribution in [0.15, 0.2) is 12.1 Å². The van der Waals surface area contributed by atoms with Crippen molar-refractivity contribution in [3.63, 3.8) is 0 Å². The highest BCUT2D eigenvalue weighted by Gasteiger charge is 2.04. The fraction of sp³-hybridized carbons (Fsp3) is 0.455. The molecule has 0 spiro atoms. The van der Waals surface area contributed by atoms with E-state index < -0.39 is 0 Å². The maximum atomic E-state index is 13.2. The van der Waals surface area contributed by atoms with Gasteiger partial charge in [0, 0.05) is 6.54 Å². The predicted molar refractivity (Wildman–Crippen MR) is 63.2 cm³/mol. The lowest BCUT2D eigenvalue weighted by molar-refractivity contribution is 0.619. The largest absolute Gasteiger partial charge is 0.384 e. The number of halogens is 2. The van der Waals surface area contributed by atoms with Gasteiger partial charge >= 0.3 is 0 Å². The zero-order valence-electron chi connectivity index (χ0n) is 9.03. The van der Waals surface area contributed by atoms with Gasteiger partial charge in [-0.05, 0) is 44.6 Å². The van der Waals surface area contributed by atoms with E-state index in [0.717, 1.165) is 19.5 Å². The highest BCUT2D eigenvalue weighted by Crippen LogP contribution is 2.24. The Morgan fingerprint density at radius 2 is 2.07 bits per heavy atom. The van der Waals surface area contributed by atoms with Gasteiger partial charge in [0.25, 0.3) is 0 Å². The van der Waals surface area contributed by atoms with Crippen LogP contribution in [-0.2, 0) is 0 Å². The first kappa shape index (κ1) is 12.3. The average Bonchev–Trinajstić information content (AvgIpc) is 2.20. The average molecular weight is 231 g/mol. The molecule has 84 valence electrons. The fourth-order valence-corrected chi connectivity index (χ4v) is 1.56. The fourth-order valence-electron chi connectivity index (χ4n) is 1.27. The molecule has 0 saturated carbocycles. The minimum absolute atomic E-state index is 0.226. The van der Waals surface area contributed by atoms with E-state index in [9.17, 15) is 4.39 Å². The molecule has 0 atom stereocenters. The van der Waals surface area contributed by atoms with Crippen molar-refractivity contribution in [3.8, 4) is 0 Å². The van der Waals surface area contributed by atoms with E-state index in [0.29, 0.717) is 16.3 Å². The molecule has 0 heterocycles. The zero-order chi connectivity index (χ0) is 11.3. The molecule has 0 amide bonds. The van der Waals surface area contributed by atoms with Gasteiger partial charge in [-0.1, -0.05) is 11.6 Å². The molecular weight excluding hydrogens is 215 g/mol. The van der Waals surface area contributed by atoms with E-state index in [1.54, 1.807) is 13.0 Å². The Balaban J connectivity index is 2.57. The minimum Gasteiger partial charge on any atom is -0.384 e. The van der Waals surface area contributed by atoms with Crippen LogP contribution in [0.3, 0.4) is 0 Å². The van der Waals surface area contributed by atoms with Crippen molar-refractivity contribution in [2.75, 3.05) is 25.5 Å². The van der Waals surface area contributed by atoms with Crippen LogP contribution in [0.2, 0.25) is 5.02 Å². The van der Waals surface area contributed by atoms with Crippen LogP contribution in [0.25, 0.3) is 0 Å². The van der Waals surface area contributed by atoms with Crippen LogP contribution in [-0.4, -0.2) is 20.1 Å². The van der Waals surface area contributed by atoms with Crippen molar-refractivity contribution in [2.24, 2.45) is 0 Å². The Labute approximate surface area is 94.8 Å². The molecule has 0 radical (unpaired) electrons. The van der Waals surface area contributed by atoms with Crippen molar-refractivity contribution in [3.05, 3.63) is 28.5 Å². The summed E-state index contributed by atoms with van der Waals surface area (Å²) >= 11 is 5.97. The highest BCUT2D eigenvalue weighted by molar-refractivity contribution is 6.33. The molecule has 0 fully saturated rings. The number of benzene rings is 1. The summed E-state index contributed by atoms with van der Waals surface area (Å²) < 4.78 is 13.2. The van der Waals surface area contributed by atoms with E-state index in [2.05, 4.69) is 10.6 Å². The third-order valence-corrected chi connectivity index (χ3v) is 2.48. The molecule has 0 aliphatic rings. The van der Waals surface area contributed by atoms with E-state index in [4.69, 9.17) is 11.6 Å². The summed E-state index contributed by atoms with van der Waals surface area (Å²) in [7, 11) is 1.90. The van der Waals surface area contributed by atoms with Crippen LogP contribution in [0, 0.1) is 12.7 Å². The van der Waals surface area contributed by atoms with Gasteiger partial charge in [-0.25, -0.2) is 4.39 Å². The van der Waals surface area contributed by atoms with Gasteiger partial charge in [0.1, 0.15) is 5.82 Å². The number of aryl methyl sites for hydroxylation is 1. The summed E-state index contributed by atoms with van der Waals surface area (Å²) in [5, 5.41) is 6.71. The molecule has 4 heteroatoms. The maximum Gasteiger partial charge on any atom is 0.128 e. The van der Waals surface area contributed by atoms with Crippen molar-refractivity contribution >= 4 is 17.3 Å². The second-order valence-electron chi connectivity index (χ2n) is 3.47. The number of nitrogens with one attached hydrogen (secondary N) is 2. The molecule has 1 aromatic rings. The lowest BCUT2D eigenvalue weighted by Gasteiger charge is -2.09. The van der Waals surface area contributed by atoms with Gasteiger partial charge in [0.05, 0.1) is 10.7 Å². The molecule has 0 aliphatic heterocycles. The maximum absolute atomic E-state index is 13.2. The van der Waals surface area contributed by atoms with Crippen LogP contribution >= 0.6 is 11.6 Å². The molecule has 0 unspecified atom stereocenters. The van der Waals surface area contributed by atoms with Gasteiger partial charge < -0.3 is 10.6 Å². The summed E-state index contributed by atoms with van der Waals surface area (Å²) in [5.41, 5.74) is 1.23. The number of hydrogen-bond donors (Lipinski definition) is 2. The van der Waals surface area contributed by atoms with E-state index in [-0.39, 0.29) is 5.82 Å². The van der Waals surface area contributed by atoms with Gasteiger partial charge in [-0.3, -0.25) is 0 Å². The SMILES string of the molecule is CNCCCNc1cc(F)c(C)cc1Cl. The summed E-state index contributed by atoms with van der Waals surface area (Å²) in [5.74, 6) is -0.226. The predicted octanol–water partition coefficient (Wildman–Crippen LogP) is 2.81. The highest BCUT2D eigenvalue weighted by atomic mass is 35.5. The standard InChI is InChI=1S/C11H16ClFN2/c1-8-6-9(12)11(7-10(8)13)15-5-3-4-14-2/h6-7,14-15H,3-5H2,1-2H3. The summed E-state index contributed by atoms with van der Waals surface area (Å²) in [6.45, 7) is 3.41. The van der Waals surface area contributed by atoms with Crippen LogP contribution < -0.4 is 10.6 Å². The normalized spacial score (nSPS) is 10.4. The molecular formula is C11H16ClFN2. The lowest BCUT2D eigenvalue weighted by atomic mass is 10.2. The Morgan fingerprint density at radius 3 is 2.73 bits per heavy atom. The molecule has 0 saturated heterocycles. The molecule has 0 aromatic heterocycles. The van der Waals surface area contributed by atoms with Gasteiger partial charge in [-0.15, -0.1) is 0 Å². The summed E-state index contributed by atoms with van der Waals surface area (Å²) in [6.07, 6.45) is 0.975. The minimum atomic E-state index is -0.226. The first-order valence-corrected chi connectivity index (χ1v) is 5.37.